The highest BCUT2D eigenvalue weighted by Gasteiger charge is 2.33. The molecule has 156 valence electrons. The number of piperidine rings is 1. The second-order valence-electron chi connectivity index (χ2n) is 7.67. The molecule has 1 amide bonds. The molecule has 0 saturated carbocycles. The van der Waals surface area contributed by atoms with Gasteiger partial charge >= 0.3 is 0 Å². The van der Waals surface area contributed by atoms with Crippen LogP contribution in [0.4, 0.5) is 10.1 Å². The number of rotatable bonds is 6. The Labute approximate surface area is 172 Å². The Kier molecular flexibility index (Phi) is 6.57. The van der Waals surface area contributed by atoms with Gasteiger partial charge in [-0.1, -0.05) is 30.3 Å². The van der Waals surface area contributed by atoms with Crippen LogP contribution >= 0.6 is 0 Å². The van der Waals surface area contributed by atoms with Crippen molar-refractivity contribution in [3.8, 4) is 0 Å². The zero-order valence-corrected chi connectivity index (χ0v) is 17.6. The Morgan fingerprint density at radius 1 is 1.10 bits per heavy atom. The van der Waals surface area contributed by atoms with Crippen LogP contribution in [-0.4, -0.2) is 44.6 Å². The standard InChI is InChI=1S/C22H27FN2O3S/c1-17(25(29(2,27)28)21-10-8-20(23)9-11-21)22(26)24-14-12-19(13-15-24)16-18-6-4-3-5-7-18/h3-11,17,19H,12-16H2,1-2H3/t17-/m1/s1. The van der Waals surface area contributed by atoms with E-state index in [2.05, 4.69) is 12.1 Å². The van der Waals surface area contributed by atoms with Crippen LogP contribution in [-0.2, 0) is 21.2 Å². The Balaban J connectivity index is 1.66. The molecule has 0 unspecified atom stereocenters. The van der Waals surface area contributed by atoms with Crippen LogP contribution in [0, 0.1) is 11.7 Å². The van der Waals surface area contributed by atoms with Crippen LogP contribution in [0.1, 0.15) is 25.3 Å². The van der Waals surface area contributed by atoms with Crippen molar-refractivity contribution in [2.24, 2.45) is 5.92 Å². The highest BCUT2D eigenvalue weighted by atomic mass is 32.2. The fourth-order valence-electron chi connectivity index (χ4n) is 3.96. The molecule has 1 atom stereocenters. The Hall–Kier alpha value is -2.41. The summed E-state index contributed by atoms with van der Waals surface area (Å²) in [6.07, 6.45) is 3.83. The van der Waals surface area contributed by atoms with Crippen LogP contribution < -0.4 is 4.31 Å². The first-order chi connectivity index (χ1) is 13.8. The third kappa shape index (κ3) is 5.35. The summed E-state index contributed by atoms with van der Waals surface area (Å²) in [7, 11) is -3.70. The first-order valence-electron chi connectivity index (χ1n) is 9.83. The largest absolute Gasteiger partial charge is 0.341 e. The van der Waals surface area contributed by atoms with E-state index in [-0.39, 0.29) is 11.6 Å². The third-order valence-corrected chi connectivity index (χ3v) is 6.68. The molecule has 0 radical (unpaired) electrons. The molecule has 2 aromatic rings. The predicted octanol–water partition coefficient (Wildman–Crippen LogP) is 3.46. The monoisotopic (exact) mass is 418 g/mol. The summed E-state index contributed by atoms with van der Waals surface area (Å²) in [5, 5.41) is 0. The van der Waals surface area contributed by atoms with Gasteiger partial charge in [-0.15, -0.1) is 0 Å². The van der Waals surface area contributed by atoms with E-state index in [1.54, 1.807) is 11.8 Å². The molecule has 0 bridgehead atoms. The average molecular weight is 419 g/mol. The summed E-state index contributed by atoms with van der Waals surface area (Å²) >= 11 is 0. The molecular weight excluding hydrogens is 391 g/mol. The number of hydrogen-bond donors (Lipinski definition) is 0. The Morgan fingerprint density at radius 2 is 1.69 bits per heavy atom. The summed E-state index contributed by atoms with van der Waals surface area (Å²) in [6.45, 7) is 2.81. The SMILES string of the molecule is C[C@H](C(=O)N1CCC(Cc2ccccc2)CC1)N(c1ccc(F)cc1)S(C)(=O)=O. The number of nitrogens with zero attached hydrogens (tertiary/aromatic N) is 2. The maximum absolute atomic E-state index is 13.2. The normalized spacial score (nSPS) is 16.4. The van der Waals surface area contributed by atoms with Crippen molar-refractivity contribution in [2.75, 3.05) is 23.7 Å². The molecule has 1 heterocycles. The zero-order chi connectivity index (χ0) is 21.0. The third-order valence-electron chi connectivity index (χ3n) is 5.44. The molecule has 2 aromatic carbocycles. The van der Waals surface area contributed by atoms with Crippen molar-refractivity contribution in [2.45, 2.75) is 32.2 Å². The van der Waals surface area contributed by atoms with Crippen LogP contribution in [0.5, 0.6) is 0 Å². The molecule has 29 heavy (non-hydrogen) atoms. The lowest BCUT2D eigenvalue weighted by molar-refractivity contribution is -0.133. The van der Waals surface area contributed by atoms with Gasteiger partial charge in [0.1, 0.15) is 11.9 Å². The average Bonchev–Trinajstić information content (AvgIpc) is 2.69. The number of sulfonamides is 1. The van der Waals surface area contributed by atoms with E-state index in [4.69, 9.17) is 0 Å². The number of carbonyl (C=O) groups is 1. The van der Waals surface area contributed by atoms with Crippen LogP contribution in [0.3, 0.4) is 0 Å². The first kappa shape index (κ1) is 21.3. The van der Waals surface area contributed by atoms with Crippen molar-refractivity contribution in [3.05, 3.63) is 66.0 Å². The molecule has 1 fully saturated rings. The second kappa shape index (κ2) is 8.95. The number of carbonyl (C=O) groups excluding carboxylic acids is 1. The van der Waals surface area contributed by atoms with Gasteiger partial charge in [-0.3, -0.25) is 9.10 Å². The molecule has 5 nitrogen and oxygen atoms in total. The maximum atomic E-state index is 13.2. The van der Waals surface area contributed by atoms with Gasteiger partial charge in [-0.05, 0) is 61.9 Å². The summed E-state index contributed by atoms with van der Waals surface area (Å²) in [5.74, 6) is -0.167. The summed E-state index contributed by atoms with van der Waals surface area (Å²) in [6, 6.07) is 14.6. The molecule has 0 spiro atoms. The lowest BCUT2D eigenvalue weighted by atomic mass is 9.90. The van der Waals surface area contributed by atoms with E-state index in [1.165, 1.54) is 29.8 Å². The highest BCUT2D eigenvalue weighted by Crippen LogP contribution is 2.25. The zero-order valence-electron chi connectivity index (χ0n) is 16.8. The molecule has 0 aromatic heterocycles. The minimum absolute atomic E-state index is 0.224. The van der Waals surface area contributed by atoms with Gasteiger partial charge in [0.2, 0.25) is 15.9 Å². The van der Waals surface area contributed by atoms with Gasteiger partial charge in [0.15, 0.2) is 0 Å². The molecule has 3 rings (SSSR count). The van der Waals surface area contributed by atoms with Crippen molar-refractivity contribution >= 4 is 21.6 Å². The number of benzene rings is 2. The fourth-order valence-corrected chi connectivity index (χ4v) is 5.13. The minimum Gasteiger partial charge on any atom is -0.341 e. The molecule has 0 N–H and O–H groups in total. The smallest absolute Gasteiger partial charge is 0.246 e. The van der Waals surface area contributed by atoms with Crippen LogP contribution in [0.15, 0.2) is 54.6 Å². The molecule has 1 aliphatic rings. The van der Waals surface area contributed by atoms with Gasteiger partial charge < -0.3 is 4.90 Å². The van der Waals surface area contributed by atoms with Crippen molar-refractivity contribution in [1.29, 1.82) is 0 Å². The Morgan fingerprint density at radius 3 is 2.24 bits per heavy atom. The van der Waals surface area contributed by atoms with E-state index in [9.17, 15) is 17.6 Å². The number of anilines is 1. The molecule has 7 heteroatoms. The summed E-state index contributed by atoms with van der Waals surface area (Å²) in [5.41, 5.74) is 1.58. The number of hydrogen-bond acceptors (Lipinski definition) is 3. The predicted molar refractivity (Wildman–Crippen MR) is 113 cm³/mol. The van der Waals surface area contributed by atoms with E-state index in [1.807, 2.05) is 18.2 Å². The number of halogens is 1. The summed E-state index contributed by atoms with van der Waals surface area (Å²) in [4.78, 5) is 14.8. The van der Waals surface area contributed by atoms with Gasteiger partial charge in [-0.25, -0.2) is 12.8 Å². The quantitative estimate of drug-likeness (QED) is 0.722. The van der Waals surface area contributed by atoms with Gasteiger partial charge in [0.05, 0.1) is 11.9 Å². The van der Waals surface area contributed by atoms with Crippen LogP contribution in [0.2, 0.25) is 0 Å². The van der Waals surface area contributed by atoms with Gasteiger partial charge in [0, 0.05) is 13.1 Å². The van der Waals surface area contributed by atoms with E-state index in [0.29, 0.717) is 19.0 Å². The van der Waals surface area contributed by atoms with Crippen molar-refractivity contribution in [3.63, 3.8) is 0 Å². The molecule has 0 aliphatic carbocycles. The van der Waals surface area contributed by atoms with E-state index < -0.39 is 21.9 Å². The van der Waals surface area contributed by atoms with E-state index >= 15 is 0 Å². The number of amides is 1. The topological polar surface area (TPSA) is 57.7 Å². The van der Waals surface area contributed by atoms with Crippen molar-refractivity contribution in [1.82, 2.24) is 4.90 Å². The first-order valence-corrected chi connectivity index (χ1v) is 11.7. The maximum Gasteiger partial charge on any atom is 0.246 e. The van der Waals surface area contributed by atoms with E-state index in [0.717, 1.165) is 29.8 Å². The molecule has 1 aliphatic heterocycles. The lowest BCUT2D eigenvalue weighted by Gasteiger charge is -2.36. The van der Waals surface area contributed by atoms with Crippen LogP contribution in [0.25, 0.3) is 0 Å². The second-order valence-corrected chi connectivity index (χ2v) is 9.53. The lowest BCUT2D eigenvalue weighted by Crippen LogP contribution is -2.51. The van der Waals surface area contributed by atoms with Crippen molar-refractivity contribution < 1.29 is 17.6 Å². The minimum atomic E-state index is -3.70. The Bertz CT molecular complexity index is 924. The number of likely N-dealkylation sites (tertiary alicyclic amines) is 1. The fraction of sp³-hybridized carbons (Fsp3) is 0.409. The van der Waals surface area contributed by atoms with Gasteiger partial charge in [-0.2, -0.15) is 0 Å². The van der Waals surface area contributed by atoms with Gasteiger partial charge in [0.25, 0.3) is 0 Å². The molecular formula is C22H27FN2O3S. The highest BCUT2D eigenvalue weighted by molar-refractivity contribution is 7.92. The molecule has 1 saturated heterocycles. The summed E-state index contributed by atoms with van der Waals surface area (Å²) < 4.78 is 39.0.